The molecule has 3 rings (SSSR count). The van der Waals surface area contributed by atoms with Crippen LogP contribution >= 0.6 is 0 Å². The molecule has 1 aliphatic rings. The number of ether oxygens (including phenoxy) is 1. The molecule has 6 nitrogen and oxygen atoms in total. The summed E-state index contributed by atoms with van der Waals surface area (Å²) in [6, 6.07) is 13.6. The Balaban J connectivity index is 1.35. The lowest BCUT2D eigenvalue weighted by Crippen LogP contribution is -2.42. The molecule has 1 atom stereocenters. The molecule has 2 N–H and O–H groups in total. The lowest BCUT2D eigenvalue weighted by Gasteiger charge is -2.16. The third kappa shape index (κ3) is 5.12. The Morgan fingerprint density at radius 2 is 2.04 bits per heavy atom. The van der Waals surface area contributed by atoms with E-state index in [1.54, 1.807) is 19.2 Å². The normalized spacial score (nSPS) is 15.9. The summed E-state index contributed by atoms with van der Waals surface area (Å²) in [5.41, 5.74) is 2.34. The molecule has 6 heteroatoms. The average molecular weight is 368 g/mol. The minimum Gasteiger partial charge on any atom is -0.488 e. The third-order valence-electron chi connectivity index (χ3n) is 4.80. The molecule has 0 fully saturated rings. The van der Waals surface area contributed by atoms with Crippen LogP contribution in [-0.4, -0.2) is 36.8 Å². The maximum atomic E-state index is 11.9. The van der Waals surface area contributed by atoms with E-state index in [1.807, 2.05) is 35.8 Å². The van der Waals surface area contributed by atoms with Gasteiger partial charge in [-0.1, -0.05) is 24.3 Å². The fourth-order valence-corrected chi connectivity index (χ4v) is 3.31. The number of unbranched alkanes of at least 4 members (excludes halogenated alkanes) is 1. The van der Waals surface area contributed by atoms with Gasteiger partial charge in [0, 0.05) is 38.3 Å². The summed E-state index contributed by atoms with van der Waals surface area (Å²) in [7, 11) is 1.77. The molecule has 144 valence electrons. The highest BCUT2D eigenvalue weighted by Crippen LogP contribution is 2.27. The molecule has 1 aromatic carbocycles. The van der Waals surface area contributed by atoms with E-state index in [-0.39, 0.29) is 11.7 Å². The van der Waals surface area contributed by atoms with Crippen molar-refractivity contribution >= 4 is 5.96 Å². The third-order valence-corrected chi connectivity index (χ3v) is 4.80. The van der Waals surface area contributed by atoms with Crippen molar-refractivity contribution in [2.24, 2.45) is 4.99 Å². The zero-order valence-electron chi connectivity index (χ0n) is 16.1. The summed E-state index contributed by atoms with van der Waals surface area (Å²) >= 11 is 0. The Hall–Kier alpha value is -2.76. The van der Waals surface area contributed by atoms with E-state index in [4.69, 9.17) is 4.74 Å². The van der Waals surface area contributed by atoms with Crippen LogP contribution in [0.2, 0.25) is 0 Å². The van der Waals surface area contributed by atoms with Crippen molar-refractivity contribution in [3.63, 3.8) is 0 Å². The van der Waals surface area contributed by atoms with E-state index in [9.17, 15) is 4.79 Å². The first-order chi connectivity index (χ1) is 13.2. The van der Waals surface area contributed by atoms with E-state index >= 15 is 0 Å². The molecule has 0 spiro atoms. The van der Waals surface area contributed by atoms with Gasteiger partial charge in [-0.3, -0.25) is 9.79 Å². The maximum Gasteiger partial charge on any atom is 0.250 e. The van der Waals surface area contributed by atoms with Gasteiger partial charge in [-0.2, -0.15) is 0 Å². The van der Waals surface area contributed by atoms with Crippen LogP contribution < -0.4 is 20.9 Å². The first-order valence-corrected chi connectivity index (χ1v) is 9.53. The van der Waals surface area contributed by atoms with Crippen LogP contribution in [0.5, 0.6) is 5.75 Å². The van der Waals surface area contributed by atoms with Crippen LogP contribution in [0.1, 0.15) is 24.1 Å². The number of aryl methyl sites for hydroxylation is 1. The Morgan fingerprint density at radius 1 is 1.19 bits per heavy atom. The number of nitrogens with one attached hydrogen (secondary N) is 2. The smallest absolute Gasteiger partial charge is 0.250 e. The Bertz CT molecular complexity index is 819. The zero-order chi connectivity index (χ0) is 19.1. The van der Waals surface area contributed by atoms with E-state index in [1.165, 1.54) is 5.56 Å². The van der Waals surface area contributed by atoms with Gasteiger partial charge in [0.25, 0.3) is 5.56 Å². The highest BCUT2D eigenvalue weighted by molar-refractivity contribution is 5.79. The highest BCUT2D eigenvalue weighted by atomic mass is 16.5. The number of para-hydroxylation sites is 1. The fraction of sp³-hybridized carbons (Fsp3) is 0.429. The van der Waals surface area contributed by atoms with Gasteiger partial charge in [0.05, 0.1) is 6.54 Å². The summed E-state index contributed by atoms with van der Waals surface area (Å²) in [5, 5.41) is 6.66. The summed E-state index contributed by atoms with van der Waals surface area (Å²) < 4.78 is 7.76. The van der Waals surface area contributed by atoms with Gasteiger partial charge < -0.3 is 19.9 Å². The number of aromatic nitrogens is 1. The van der Waals surface area contributed by atoms with E-state index in [0.29, 0.717) is 6.54 Å². The first-order valence-electron chi connectivity index (χ1n) is 9.53. The van der Waals surface area contributed by atoms with Gasteiger partial charge in [0.15, 0.2) is 5.96 Å². The fourth-order valence-electron chi connectivity index (χ4n) is 3.31. The van der Waals surface area contributed by atoms with E-state index < -0.39 is 0 Å². The molecular formula is C21H28N4O2. The molecule has 0 radical (unpaired) electrons. The van der Waals surface area contributed by atoms with Crippen LogP contribution in [0.4, 0.5) is 0 Å². The number of rotatable bonds is 7. The molecule has 2 aromatic rings. The lowest BCUT2D eigenvalue weighted by atomic mass is 10.1. The lowest BCUT2D eigenvalue weighted by molar-refractivity contribution is 0.235. The molecule has 0 saturated heterocycles. The molecular weight excluding hydrogens is 340 g/mol. The van der Waals surface area contributed by atoms with Gasteiger partial charge in [-0.25, -0.2) is 0 Å². The Labute approximate surface area is 160 Å². The molecule has 0 amide bonds. The maximum absolute atomic E-state index is 11.9. The van der Waals surface area contributed by atoms with Crippen molar-refractivity contribution in [1.82, 2.24) is 15.2 Å². The van der Waals surface area contributed by atoms with Gasteiger partial charge in [-0.15, -0.1) is 0 Å². The largest absolute Gasteiger partial charge is 0.488 e. The predicted octanol–water partition coefficient (Wildman–Crippen LogP) is 2.11. The van der Waals surface area contributed by atoms with Crippen molar-refractivity contribution in [1.29, 1.82) is 0 Å². The molecule has 0 saturated carbocycles. The second kappa shape index (κ2) is 9.26. The predicted molar refractivity (Wildman–Crippen MR) is 109 cm³/mol. The van der Waals surface area contributed by atoms with Crippen LogP contribution in [0.3, 0.4) is 0 Å². The topological polar surface area (TPSA) is 67.7 Å². The molecule has 1 aromatic heterocycles. The standard InChI is InChI=1S/C21H28N4O2/c1-16-8-7-11-20(26)25(16)13-6-5-12-23-21(22-2)24-15-18-14-17-9-3-4-10-19(17)27-18/h3-4,7-11,18H,5-6,12-15H2,1-2H3,(H2,22,23,24). The van der Waals surface area contributed by atoms with Crippen molar-refractivity contribution in [3.05, 3.63) is 64.1 Å². The van der Waals surface area contributed by atoms with Crippen LogP contribution in [-0.2, 0) is 13.0 Å². The van der Waals surface area contributed by atoms with Crippen molar-refractivity contribution in [3.8, 4) is 5.75 Å². The number of fused-ring (bicyclic) bond motifs is 1. The monoisotopic (exact) mass is 368 g/mol. The summed E-state index contributed by atoms with van der Waals surface area (Å²) in [6.07, 6.45) is 2.96. The number of nitrogens with zero attached hydrogens (tertiary/aromatic N) is 2. The number of aliphatic imine (C=N–C) groups is 1. The Kier molecular flexibility index (Phi) is 6.52. The number of guanidine groups is 1. The number of pyridine rings is 1. The number of benzene rings is 1. The van der Waals surface area contributed by atoms with Crippen molar-refractivity contribution in [2.45, 2.75) is 38.8 Å². The van der Waals surface area contributed by atoms with Crippen LogP contribution in [0.15, 0.2) is 52.3 Å². The number of hydrogen-bond acceptors (Lipinski definition) is 3. The molecule has 0 aliphatic carbocycles. The van der Waals surface area contributed by atoms with Gasteiger partial charge in [-0.05, 0) is 37.5 Å². The number of hydrogen-bond donors (Lipinski definition) is 2. The van der Waals surface area contributed by atoms with Gasteiger partial charge in [0.2, 0.25) is 0 Å². The minimum atomic E-state index is 0.0676. The molecule has 0 bridgehead atoms. The zero-order valence-corrected chi connectivity index (χ0v) is 16.1. The molecule has 1 aliphatic heterocycles. The first kappa shape index (κ1) is 19.0. The molecule has 27 heavy (non-hydrogen) atoms. The van der Waals surface area contributed by atoms with Crippen molar-refractivity contribution in [2.75, 3.05) is 20.1 Å². The molecule has 2 heterocycles. The summed E-state index contributed by atoms with van der Waals surface area (Å²) in [4.78, 5) is 16.1. The quantitative estimate of drug-likeness (QED) is 0.446. The Morgan fingerprint density at radius 3 is 2.81 bits per heavy atom. The molecule has 1 unspecified atom stereocenters. The minimum absolute atomic E-state index is 0.0676. The highest BCUT2D eigenvalue weighted by Gasteiger charge is 2.22. The van der Waals surface area contributed by atoms with Gasteiger partial charge >= 0.3 is 0 Å². The van der Waals surface area contributed by atoms with E-state index in [0.717, 1.165) is 49.8 Å². The van der Waals surface area contributed by atoms with Crippen LogP contribution in [0, 0.1) is 6.92 Å². The second-order valence-electron chi connectivity index (χ2n) is 6.80. The van der Waals surface area contributed by atoms with E-state index in [2.05, 4.69) is 21.7 Å². The van der Waals surface area contributed by atoms with Crippen molar-refractivity contribution < 1.29 is 4.74 Å². The summed E-state index contributed by atoms with van der Waals surface area (Å²) in [5.74, 6) is 1.77. The SMILES string of the molecule is CN=C(NCCCCn1c(C)cccc1=O)NCC1Cc2ccccc2O1. The van der Waals surface area contributed by atoms with Crippen LogP contribution in [0.25, 0.3) is 0 Å². The summed E-state index contributed by atoms with van der Waals surface area (Å²) in [6.45, 7) is 4.24. The average Bonchev–Trinajstić information content (AvgIpc) is 3.09. The van der Waals surface area contributed by atoms with Gasteiger partial charge in [0.1, 0.15) is 11.9 Å². The second-order valence-corrected chi connectivity index (χ2v) is 6.80.